The molecular formula is C11H10N2O2. The molecule has 76 valence electrons. The van der Waals surface area contributed by atoms with Crippen molar-refractivity contribution >= 4 is 0 Å². The molecule has 0 atom stereocenters. The Balaban J connectivity index is 2.43. The number of hydrogen-bond donors (Lipinski definition) is 0. The van der Waals surface area contributed by atoms with Gasteiger partial charge in [0.25, 0.3) is 12.5 Å². The van der Waals surface area contributed by atoms with Crippen molar-refractivity contribution in [1.82, 2.24) is 0 Å². The van der Waals surface area contributed by atoms with E-state index in [0.29, 0.717) is 19.6 Å². The summed E-state index contributed by atoms with van der Waals surface area (Å²) in [4.78, 5) is 0. The van der Waals surface area contributed by atoms with Gasteiger partial charge in [0, 0.05) is 6.42 Å². The van der Waals surface area contributed by atoms with E-state index in [-0.39, 0.29) is 0 Å². The van der Waals surface area contributed by atoms with Crippen molar-refractivity contribution in [2.24, 2.45) is 0 Å². The number of ether oxygens (including phenoxy) is 2. The molecule has 1 aromatic rings. The molecule has 0 unspecified atom stereocenters. The number of nitrogens with zero attached hydrogens (tertiary/aromatic N) is 2. The van der Waals surface area contributed by atoms with Gasteiger partial charge in [-0.05, 0) is 11.1 Å². The Labute approximate surface area is 88.3 Å². The molecule has 4 nitrogen and oxygen atoms in total. The first-order chi connectivity index (χ1) is 7.36. The molecule has 15 heavy (non-hydrogen) atoms. The molecule has 0 amide bonds. The predicted molar refractivity (Wildman–Crippen MR) is 52.1 cm³/mol. The average molecular weight is 202 g/mol. The van der Waals surface area contributed by atoms with Crippen LogP contribution < -0.4 is 0 Å². The molecule has 0 spiro atoms. The van der Waals surface area contributed by atoms with Crippen molar-refractivity contribution in [3.63, 3.8) is 0 Å². The van der Waals surface area contributed by atoms with Crippen molar-refractivity contribution in [2.45, 2.75) is 13.0 Å². The summed E-state index contributed by atoms with van der Waals surface area (Å²) in [5.41, 5.74) is 2.03. The van der Waals surface area contributed by atoms with Gasteiger partial charge in [-0.15, -0.1) is 0 Å². The largest absolute Gasteiger partial charge is 0.427 e. The zero-order valence-corrected chi connectivity index (χ0v) is 8.14. The molecule has 0 saturated heterocycles. The van der Waals surface area contributed by atoms with E-state index in [0.717, 1.165) is 11.1 Å². The van der Waals surface area contributed by atoms with Gasteiger partial charge in [0.05, 0.1) is 0 Å². The molecule has 0 N–H and O–H groups in total. The summed E-state index contributed by atoms with van der Waals surface area (Å²) in [7, 11) is 0. The van der Waals surface area contributed by atoms with Gasteiger partial charge in [0.2, 0.25) is 0 Å². The van der Waals surface area contributed by atoms with Crippen LogP contribution in [0.5, 0.6) is 0 Å². The lowest BCUT2D eigenvalue weighted by Gasteiger charge is -2.01. The quantitative estimate of drug-likeness (QED) is 0.538. The lowest BCUT2D eigenvalue weighted by Crippen LogP contribution is -1.94. The number of benzene rings is 1. The molecule has 0 radical (unpaired) electrons. The molecule has 0 aromatic heterocycles. The van der Waals surface area contributed by atoms with Gasteiger partial charge < -0.3 is 9.47 Å². The van der Waals surface area contributed by atoms with Gasteiger partial charge in [-0.25, -0.2) is 0 Å². The highest BCUT2D eigenvalue weighted by Gasteiger charge is 1.95. The Bertz CT molecular complexity index is 373. The lowest BCUT2D eigenvalue weighted by molar-refractivity contribution is 0.257. The molecular weight excluding hydrogens is 192 g/mol. The summed E-state index contributed by atoms with van der Waals surface area (Å²) >= 11 is 0. The molecule has 1 rings (SSSR count). The normalized spacial score (nSPS) is 8.67. The second kappa shape index (κ2) is 6.28. The summed E-state index contributed by atoms with van der Waals surface area (Å²) in [5, 5.41) is 16.4. The van der Waals surface area contributed by atoms with Crippen LogP contribution in [-0.2, 0) is 22.5 Å². The maximum atomic E-state index is 8.21. The van der Waals surface area contributed by atoms with Gasteiger partial charge in [-0.3, -0.25) is 0 Å². The van der Waals surface area contributed by atoms with Crippen LogP contribution in [0.25, 0.3) is 0 Å². The van der Waals surface area contributed by atoms with Crippen LogP contribution in [0.2, 0.25) is 0 Å². The number of nitriles is 2. The number of rotatable bonds is 5. The molecule has 0 aliphatic rings. The molecule has 4 heteroatoms. The van der Waals surface area contributed by atoms with Gasteiger partial charge in [0.15, 0.2) is 0 Å². The maximum Gasteiger partial charge on any atom is 0.286 e. The molecule has 0 aliphatic carbocycles. The van der Waals surface area contributed by atoms with Crippen LogP contribution in [0, 0.1) is 23.0 Å². The minimum atomic E-state index is 0.297. The second-order valence-electron chi connectivity index (χ2n) is 2.89. The minimum Gasteiger partial charge on any atom is -0.427 e. The summed E-state index contributed by atoms with van der Waals surface area (Å²) in [5.74, 6) is 0. The van der Waals surface area contributed by atoms with E-state index in [1.165, 1.54) is 0 Å². The standard InChI is InChI=1S/C11H10N2O2/c12-8-14-6-5-10-1-3-11(4-2-10)7-15-9-13/h1-4H,5-7H2. The van der Waals surface area contributed by atoms with E-state index < -0.39 is 0 Å². The summed E-state index contributed by atoms with van der Waals surface area (Å²) in [6, 6.07) is 7.63. The Morgan fingerprint density at radius 1 is 0.933 bits per heavy atom. The highest BCUT2D eigenvalue weighted by Crippen LogP contribution is 2.06. The van der Waals surface area contributed by atoms with Crippen molar-refractivity contribution in [1.29, 1.82) is 10.5 Å². The van der Waals surface area contributed by atoms with E-state index in [2.05, 4.69) is 9.47 Å². The second-order valence-corrected chi connectivity index (χ2v) is 2.89. The first-order valence-corrected chi connectivity index (χ1v) is 4.46. The zero-order valence-electron chi connectivity index (χ0n) is 8.14. The topological polar surface area (TPSA) is 66.0 Å². The highest BCUT2D eigenvalue weighted by atomic mass is 16.5. The summed E-state index contributed by atoms with van der Waals surface area (Å²) in [6.45, 7) is 0.690. The van der Waals surface area contributed by atoms with E-state index in [4.69, 9.17) is 10.5 Å². The minimum absolute atomic E-state index is 0.297. The molecule has 0 heterocycles. The van der Waals surface area contributed by atoms with Gasteiger partial charge in [0.1, 0.15) is 13.2 Å². The third kappa shape index (κ3) is 4.02. The Kier molecular flexibility index (Phi) is 4.56. The van der Waals surface area contributed by atoms with Crippen molar-refractivity contribution < 1.29 is 9.47 Å². The van der Waals surface area contributed by atoms with Crippen molar-refractivity contribution in [3.8, 4) is 12.5 Å². The summed E-state index contributed by atoms with van der Waals surface area (Å²) < 4.78 is 9.17. The Morgan fingerprint density at radius 3 is 2.13 bits per heavy atom. The van der Waals surface area contributed by atoms with E-state index in [9.17, 15) is 0 Å². The molecule has 0 saturated carbocycles. The van der Waals surface area contributed by atoms with Crippen LogP contribution >= 0.6 is 0 Å². The summed E-state index contributed by atoms with van der Waals surface area (Å²) in [6.07, 6.45) is 3.94. The fraction of sp³-hybridized carbons (Fsp3) is 0.273. The SMILES string of the molecule is N#COCCc1ccc(COC#N)cc1. The van der Waals surface area contributed by atoms with Crippen LogP contribution in [0.15, 0.2) is 24.3 Å². The third-order valence-corrected chi connectivity index (χ3v) is 1.88. The Hall–Kier alpha value is -2.20. The van der Waals surface area contributed by atoms with Crippen LogP contribution in [0.3, 0.4) is 0 Å². The smallest absolute Gasteiger partial charge is 0.286 e. The van der Waals surface area contributed by atoms with Crippen LogP contribution in [0.4, 0.5) is 0 Å². The predicted octanol–water partition coefficient (Wildman–Crippen LogP) is 1.72. The van der Waals surface area contributed by atoms with E-state index >= 15 is 0 Å². The first kappa shape index (κ1) is 10.9. The van der Waals surface area contributed by atoms with Gasteiger partial charge >= 0.3 is 0 Å². The monoisotopic (exact) mass is 202 g/mol. The van der Waals surface area contributed by atoms with Crippen LogP contribution in [0.1, 0.15) is 11.1 Å². The first-order valence-electron chi connectivity index (χ1n) is 4.46. The molecule has 1 aromatic carbocycles. The number of hydrogen-bond acceptors (Lipinski definition) is 4. The fourth-order valence-electron chi connectivity index (χ4n) is 1.13. The van der Waals surface area contributed by atoms with E-state index in [1.807, 2.05) is 24.3 Å². The highest BCUT2D eigenvalue weighted by molar-refractivity contribution is 5.22. The third-order valence-electron chi connectivity index (χ3n) is 1.88. The van der Waals surface area contributed by atoms with Gasteiger partial charge in [-0.2, -0.15) is 10.5 Å². The zero-order chi connectivity index (χ0) is 10.9. The average Bonchev–Trinajstić information content (AvgIpc) is 2.28. The fourth-order valence-corrected chi connectivity index (χ4v) is 1.13. The van der Waals surface area contributed by atoms with Crippen LogP contribution in [-0.4, -0.2) is 6.61 Å². The Morgan fingerprint density at radius 2 is 1.53 bits per heavy atom. The molecule has 0 aliphatic heterocycles. The van der Waals surface area contributed by atoms with E-state index in [1.54, 1.807) is 12.5 Å². The molecule has 0 fully saturated rings. The maximum absolute atomic E-state index is 8.21. The lowest BCUT2D eigenvalue weighted by atomic mass is 10.1. The van der Waals surface area contributed by atoms with Gasteiger partial charge in [-0.1, -0.05) is 24.3 Å². The molecule has 0 bridgehead atoms. The van der Waals surface area contributed by atoms with Crippen molar-refractivity contribution in [2.75, 3.05) is 6.61 Å². The van der Waals surface area contributed by atoms with Crippen molar-refractivity contribution in [3.05, 3.63) is 35.4 Å².